The topological polar surface area (TPSA) is 112 Å². The van der Waals surface area contributed by atoms with Crippen LogP contribution in [-0.2, 0) is 25.6 Å². The molecular weight excluding hydrogens is 428 g/mol. The van der Waals surface area contributed by atoms with E-state index in [9.17, 15) is 26.7 Å². The SMILES string of the molecule is Cc1ccc(O)c(S(=O)(=O)N2CCN(C(=O)c3cccc(CS(C)(=O)=O)c3)CC2)c1. The lowest BCUT2D eigenvalue weighted by Gasteiger charge is -2.34. The van der Waals surface area contributed by atoms with Gasteiger partial charge in [-0.2, -0.15) is 4.31 Å². The van der Waals surface area contributed by atoms with Crippen LogP contribution in [0.5, 0.6) is 5.75 Å². The van der Waals surface area contributed by atoms with Crippen LogP contribution in [0, 0.1) is 6.92 Å². The number of carbonyl (C=O) groups excluding carboxylic acids is 1. The monoisotopic (exact) mass is 452 g/mol. The van der Waals surface area contributed by atoms with Gasteiger partial charge in [-0.25, -0.2) is 16.8 Å². The average Bonchev–Trinajstić information content (AvgIpc) is 2.68. The highest BCUT2D eigenvalue weighted by Crippen LogP contribution is 2.27. The Morgan fingerprint density at radius 3 is 2.30 bits per heavy atom. The number of phenols is 1. The van der Waals surface area contributed by atoms with Crippen molar-refractivity contribution in [1.82, 2.24) is 9.21 Å². The second-order valence-corrected chi connectivity index (χ2v) is 11.5. The van der Waals surface area contributed by atoms with E-state index in [-0.39, 0.29) is 48.5 Å². The van der Waals surface area contributed by atoms with Crippen LogP contribution in [0.1, 0.15) is 21.5 Å². The van der Waals surface area contributed by atoms with Gasteiger partial charge in [-0.05, 0) is 42.3 Å². The Labute approximate surface area is 176 Å². The van der Waals surface area contributed by atoms with E-state index in [1.807, 2.05) is 0 Å². The Morgan fingerprint density at radius 1 is 1.00 bits per heavy atom. The van der Waals surface area contributed by atoms with Crippen molar-refractivity contribution in [3.05, 3.63) is 59.2 Å². The quantitative estimate of drug-likeness (QED) is 0.734. The number of hydrogen-bond acceptors (Lipinski definition) is 6. The van der Waals surface area contributed by atoms with Crippen molar-refractivity contribution in [2.45, 2.75) is 17.6 Å². The van der Waals surface area contributed by atoms with E-state index in [0.717, 1.165) is 6.26 Å². The lowest BCUT2D eigenvalue weighted by molar-refractivity contribution is 0.0697. The fraction of sp³-hybridized carbons (Fsp3) is 0.350. The molecule has 8 nitrogen and oxygen atoms in total. The Hall–Kier alpha value is -2.43. The van der Waals surface area contributed by atoms with E-state index in [4.69, 9.17) is 0 Å². The molecule has 1 N–H and O–H groups in total. The molecule has 10 heteroatoms. The maximum absolute atomic E-state index is 12.9. The van der Waals surface area contributed by atoms with Crippen LogP contribution in [-0.4, -0.2) is 69.5 Å². The van der Waals surface area contributed by atoms with Crippen LogP contribution in [0.3, 0.4) is 0 Å². The third kappa shape index (κ3) is 5.00. The molecule has 1 aliphatic rings. The van der Waals surface area contributed by atoms with Gasteiger partial charge in [0.1, 0.15) is 10.6 Å². The first-order valence-electron chi connectivity index (χ1n) is 9.33. The van der Waals surface area contributed by atoms with Crippen molar-refractivity contribution in [2.75, 3.05) is 32.4 Å². The third-order valence-electron chi connectivity index (χ3n) is 4.86. The van der Waals surface area contributed by atoms with Crippen LogP contribution in [0.25, 0.3) is 0 Å². The molecule has 0 aromatic heterocycles. The van der Waals surface area contributed by atoms with E-state index < -0.39 is 19.9 Å². The summed E-state index contributed by atoms with van der Waals surface area (Å²) in [5.41, 5.74) is 1.61. The number of benzene rings is 2. The molecule has 0 bridgehead atoms. The van der Waals surface area contributed by atoms with Gasteiger partial charge >= 0.3 is 0 Å². The van der Waals surface area contributed by atoms with Gasteiger partial charge in [0, 0.05) is 38.0 Å². The van der Waals surface area contributed by atoms with Crippen molar-refractivity contribution in [3.63, 3.8) is 0 Å². The molecule has 0 unspecified atom stereocenters. The van der Waals surface area contributed by atoms with Crippen LogP contribution in [0.4, 0.5) is 0 Å². The number of aromatic hydroxyl groups is 1. The van der Waals surface area contributed by atoms with Gasteiger partial charge < -0.3 is 10.0 Å². The zero-order valence-corrected chi connectivity index (χ0v) is 18.4. The van der Waals surface area contributed by atoms with Gasteiger partial charge in [0.15, 0.2) is 9.84 Å². The largest absolute Gasteiger partial charge is 0.507 e. The van der Waals surface area contributed by atoms with E-state index in [2.05, 4.69) is 0 Å². The highest BCUT2D eigenvalue weighted by molar-refractivity contribution is 7.90. The molecule has 162 valence electrons. The number of aryl methyl sites for hydroxylation is 1. The summed E-state index contributed by atoms with van der Waals surface area (Å²) in [5.74, 6) is -0.734. The highest BCUT2D eigenvalue weighted by atomic mass is 32.2. The standard InChI is InChI=1S/C20H24N2O6S2/c1-15-6-7-18(23)19(12-15)30(27,28)22-10-8-21(9-11-22)20(24)17-5-3-4-16(13-17)14-29(2,25)26/h3-7,12-13,23H,8-11,14H2,1-2H3. The molecule has 1 fully saturated rings. The van der Waals surface area contributed by atoms with Crippen molar-refractivity contribution in [1.29, 1.82) is 0 Å². The number of rotatable bonds is 5. The normalized spacial score (nSPS) is 15.9. The molecule has 30 heavy (non-hydrogen) atoms. The molecule has 2 aromatic rings. The number of nitrogens with zero attached hydrogens (tertiary/aromatic N) is 2. The summed E-state index contributed by atoms with van der Waals surface area (Å²) in [7, 11) is -7.10. The zero-order chi connectivity index (χ0) is 22.1. The summed E-state index contributed by atoms with van der Waals surface area (Å²) in [5, 5.41) is 9.98. The van der Waals surface area contributed by atoms with Crippen LogP contribution in [0.2, 0.25) is 0 Å². The molecule has 0 atom stereocenters. The smallest absolute Gasteiger partial charge is 0.253 e. The number of sulfonamides is 1. The highest BCUT2D eigenvalue weighted by Gasteiger charge is 2.32. The zero-order valence-electron chi connectivity index (χ0n) is 16.8. The molecule has 1 amide bonds. The third-order valence-corrected chi connectivity index (χ3v) is 7.65. The van der Waals surface area contributed by atoms with Crippen LogP contribution >= 0.6 is 0 Å². The van der Waals surface area contributed by atoms with Gasteiger partial charge in [0.25, 0.3) is 5.91 Å². The summed E-state index contributed by atoms with van der Waals surface area (Å²) in [4.78, 5) is 14.2. The molecule has 1 aliphatic heterocycles. The Kier molecular flexibility index (Phi) is 6.21. The predicted octanol–water partition coefficient (Wildman–Crippen LogP) is 1.39. The summed E-state index contributed by atoms with van der Waals surface area (Å²) in [6, 6.07) is 10.9. The first kappa shape index (κ1) is 22.3. The van der Waals surface area contributed by atoms with Crippen molar-refractivity contribution < 1.29 is 26.7 Å². The summed E-state index contributed by atoms with van der Waals surface area (Å²) in [6.07, 6.45) is 1.13. The van der Waals surface area contributed by atoms with Gasteiger partial charge in [-0.15, -0.1) is 0 Å². The number of piperazine rings is 1. The molecule has 0 aliphatic carbocycles. The molecular formula is C20H24N2O6S2. The van der Waals surface area contributed by atoms with Crippen molar-refractivity contribution in [2.24, 2.45) is 0 Å². The van der Waals surface area contributed by atoms with Crippen molar-refractivity contribution >= 4 is 25.8 Å². The maximum atomic E-state index is 12.9. The van der Waals surface area contributed by atoms with Crippen molar-refractivity contribution in [3.8, 4) is 5.75 Å². The summed E-state index contributed by atoms with van der Waals surface area (Å²) in [6.45, 7) is 2.34. The lowest BCUT2D eigenvalue weighted by Crippen LogP contribution is -2.50. The average molecular weight is 453 g/mol. The second kappa shape index (κ2) is 8.37. The van der Waals surface area contributed by atoms with E-state index >= 15 is 0 Å². The molecule has 0 saturated carbocycles. The number of carbonyl (C=O) groups is 1. The molecule has 0 radical (unpaired) electrons. The van der Waals surface area contributed by atoms with Gasteiger partial charge in [0.05, 0.1) is 5.75 Å². The fourth-order valence-corrected chi connectivity index (χ4v) is 5.75. The fourth-order valence-electron chi connectivity index (χ4n) is 3.38. The van der Waals surface area contributed by atoms with Gasteiger partial charge in [-0.3, -0.25) is 4.79 Å². The second-order valence-electron chi connectivity index (χ2n) is 7.44. The summed E-state index contributed by atoms with van der Waals surface area (Å²) < 4.78 is 50.0. The van der Waals surface area contributed by atoms with Gasteiger partial charge in [-0.1, -0.05) is 18.2 Å². The molecule has 2 aromatic carbocycles. The minimum Gasteiger partial charge on any atom is -0.507 e. The van der Waals surface area contributed by atoms with E-state index in [1.54, 1.807) is 42.2 Å². The Bertz CT molecular complexity index is 1170. The maximum Gasteiger partial charge on any atom is 0.253 e. The van der Waals surface area contributed by atoms with Crippen LogP contribution in [0.15, 0.2) is 47.4 Å². The van der Waals surface area contributed by atoms with Gasteiger partial charge in [0.2, 0.25) is 10.0 Å². The molecule has 3 rings (SSSR count). The predicted molar refractivity (Wildman–Crippen MR) is 112 cm³/mol. The number of hydrogen-bond donors (Lipinski definition) is 1. The molecule has 1 heterocycles. The first-order chi connectivity index (χ1) is 14.0. The van der Waals surface area contributed by atoms with E-state index in [1.165, 1.54) is 16.4 Å². The molecule has 0 spiro atoms. The Morgan fingerprint density at radius 2 is 1.67 bits per heavy atom. The first-order valence-corrected chi connectivity index (χ1v) is 12.8. The van der Waals surface area contributed by atoms with E-state index in [0.29, 0.717) is 16.7 Å². The number of sulfone groups is 1. The lowest BCUT2D eigenvalue weighted by atomic mass is 10.1. The Balaban J connectivity index is 1.72. The summed E-state index contributed by atoms with van der Waals surface area (Å²) >= 11 is 0. The minimum atomic E-state index is -3.88. The van der Waals surface area contributed by atoms with Crippen LogP contribution < -0.4 is 0 Å². The minimum absolute atomic E-state index is 0.102. The number of amides is 1. The molecule has 1 saturated heterocycles. The number of phenolic OH excluding ortho intramolecular Hbond substituents is 1.